The van der Waals surface area contributed by atoms with Gasteiger partial charge >= 0.3 is 0 Å². The van der Waals surface area contributed by atoms with Crippen molar-refractivity contribution in [1.29, 1.82) is 0 Å². The van der Waals surface area contributed by atoms with Crippen molar-refractivity contribution in [3.8, 4) is 11.6 Å². The maximum atomic E-state index is 12.7. The van der Waals surface area contributed by atoms with Crippen LogP contribution in [-0.2, 0) is 0 Å². The number of para-hydroxylation sites is 1. The van der Waals surface area contributed by atoms with E-state index < -0.39 is 0 Å². The molecule has 2 heterocycles. The summed E-state index contributed by atoms with van der Waals surface area (Å²) in [7, 11) is 0. The zero-order valence-electron chi connectivity index (χ0n) is 12.2. The van der Waals surface area contributed by atoms with Crippen LogP contribution in [0, 0.1) is 0 Å². The number of benzene rings is 1. The van der Waals surface area contributed by atoms with Gasteiger partial charge in [-0.05, 0) is 59.5 Å². The van der Waals surface area contributed by atoms with E-state index in [2.05, 4.69) is 20.9 Å². The Morgan fingerprint density at radius 3 is 2.64 bits per heavy atom. The van der Waals surface area contributed by atoms with E-state index in [1.165, 1.54) is 6.42 Å². The molecule has 0 N–H and O–H groups in total. The molecule has 1 saturated heterocycles. The lowest BCUT2D eigenvalue weighted by Crippen LogP contribution is -2.35. The van der Waals surface area contributed by atoms with Crippen molar-refractivity contribution in [1.82, 2.24) is 9.88 Å². The highest BCUT2D eigenvalue weighted by atomic mass is 79.9. The third-order valence-corrected chi connectivity index (χ3v) is 4.34. The molecule has 1 aromatic carbocycles. The fourth-order valence-corrected chi connectivity index (χ4v) is 2.90. The van der Waals surface area contributed by atoms with Crippen molar-refractivity contribution in [2.24, 2.45) is 0 Å². The number of hydrogen-bond acceptors (Lipinski definition) is 3. The highest BCUT2D eigenvalue weighted by Crippen LogP contribution is 2.30. The molecule has 1 aromatic heterocycles. The minimum Gasteiger partial charge on any atom is -0.437 e. The number of rotatable bonds is 3. The Balaban J connectivity index is 1.86. The summed E-state index contributed by atoms with van der Waals surface area (Å²) in [6.45, 7) is 1.62. The van der Waals surface area contributed by atoms with Gasteiger partial charge < -0.3 is 9.64 Å². The number of nitrogens with zero attached hydrogens (tertiary/aromatic N) is 2. The average molecular weight is 361 g/mol. The predicted octanol–water partition coefficient (Wildman–Crippen LogP) is 4.26. The smallest absolute Gasteiger partial charge is 0.259 e. The highest BCUT2D eigenvalue weighted by molar-refractivity contribution is 9.10. The minimum atomic E-state index is -0.00477. The van der Waals surface area contributed by atoms with E-state index in [0.717, 1.165) is 30.4 Å². The van der Waals surface area contributed by atoms with E-state index >= 15 is 0 Å². The van der Waals surface area contributed by atoms with Gasteiger partial charge in [0.1, 0.15) is 11.3 Å². The van der Waals surface area contributed by atoms with E-state index in [-0.39, 0.29) is 5.91 Å². The lowest BCUT2D eigenvalue weighted by Gasteiger charge is -2.27. The predicted molar refractivity (Wildman–Crippen MR) is 88.2 cm³/mol. The van der Waals surface area contributed by atoms with Crippen LogP contribution in [0.3, 0.4) is 0 Å². The standard InChI is InChI=1S/C17H17BrN2O2/c18-14-8-2-3-9-15(14)22-16-13(7-6-10-19-16)17(21)20-11-4-1-5-12-20/h2-3,6-10H,1,4-5,11-12H2. The van der Waals surface area contributed by atoms with Crippen molar-refractivity contribution in [2.75, 3.05) is 13.1 Å². The maximum Gasteiger partial charge on any atom is 0.259 e. The van der Waals surface area contributed by atoms with Gasteiger partial charge in [0.25, 0.3) is 5.91 Å². The number of pyridine rings is 1. The van der Waals surface area contributed by atoms with Gasteiger partial charge in [0.2, 0.25) is 5.88 Å². The first kappa shape index (κ1) is 15.0. The first-order valence-electron chi connectivity index (χ1n) is 7.42. The van der Waals surface area contributed by atoms with Crippen molar-refractivity contribution in [2.45, 2.75) is 19.3 Å². The summed E-state index contributed by atoms with van der Waals surface area (Å²) in [6.07, 6.45) is 4.95. The second kappa shape index (κ2) is 6.92. The maximum absolute atomic E-state index is 12.7. The lowest BCUT2D eigenvalue weighted by atomic mass is 10.1. The zero-order valence-corrected chi connectivity index (χ0v) is 13.8. The third kappa shape index (κ3) is 3.30. The van der Waals surface area contributed by atoms with E-state index in [4.69, 9.17) is 4.74 Å². The first-order valence-corrected chi connectivity index (χ1v) is 8.21. The topological polar surface area (TPSA) is 42.4 Å². The van der Waals surface area contributed by atoms with Gasteiger partial charge in [-0.2, -0.15) is 0 Å². The van der Waals surface area contributed by atoms with Crippen LogP contribution in [0.25, 0.3) is 0 Å². The number of halogens is 1. The second-order valence-corrected chi connectivity index (χ2v) is 6.10. The normalized spacial score (nSPS) is 14.7. The van der Waals surface area contributed by atoms with Crippen molar-refractivity contribution in [3.05, 3.63) is 52.6 Å². The molecule has 0 saturated carbocycles. The van der Waals surface area contributed by atoms with E-state index in [1.807, 2.05) is 29.2 Å². The van der Waals surface area contributed by atoms with E-state index in [1.54, 1.807) is 18.3 Å². The molecule has 0 radical (unpaired) electrons. The van der Waals surface area contributed by atoms with Gasteiger partial charge in [0, 0.05) is 19.3 Å². The summed E-state index contributed by atoms with van der Waals surface area (Å²) in [5.74, 6) is 0.994. The zero-order chi connectivity index (χ0) is 15.4. The molecule has 1 fully saturated rings. The number of ether oxygens (including phenoxy) is 1. The Bertz CT molecular complexity index is 669. The molecule has 0 atom stereocenters. The molecule has 0 bridgehead atoms. The van der Waals surface area contributed by atoms with Crippen molar-refractivity contribution >= 4 is 21.8 Å². The van der Waals surface area contributed by atoms with Crippen LogP contribution in [0.5, 0.6) is 11.6 Å². The molecule has 3 rings (SSSR count). The Morgan fingerprint density at radius 1 is 1.09 bits per heavy atom. The van der Waals surface area contributed by atoms with Gasteiger partial charge in [-0.15, -0.1) is 0 Å². The van der Waals surface area contributed by atoms with Gasteiger partial charge in [-0.1, -0.05) is 12.1 Å². The van der Waals surface area contributed by atoms with Crippen LogP contribution in [0.15, 0.2) is 47.1 Å². The summed E-state index contributed by atoms with van der Waals surface area (Å²) < 4.78 is 6.68. The SMILES string of the molecule is O=C(c1cccnc1Oc1ccccc1Br)N1CCCCC1. The molecule has 1 aliphatic heterocycles. The third-order valence-electron chi connectivity index (χ3n) is 3.69. The lowest BCUT2D eigenvalue weighted by molar-refractivity contribution is 0.0721. The highest BCUT2D eigenvalue weighted by Gasteiger charge is 2.22. The number of likely N-dealkylation sites (tertiary alicyclic amines) is 1. The molecule has 22 heavy (non-hydrogen) atoms. The fourth-order valence-electron chi connectivity index (χ4n) is 2.53. The van der Waals surface area contributed by atoms with Crippen LogP contribution in [-0.4, -0.2) is 28.9 Å². The molecule has 2 aromatic rings. The Labute approximate surface area is 138 Å². The molecule has 0 unspecified atom stereocenters. The van der Waals surface area contributed by atoms with Crippen molar-refractivity contribution in [3.63, 3.8) is 0 Å². The van der Waals surface area contributed by atoms with Gasteiger partial charge in [0.05, 0.1) is 4.47 Å². The first-order chi connectivity index (χ1) is 10.8. The summed E-state index contributed by atoms with van der Waals surface area (Å²) in [6, 6.07) is 11.1. The molecule has 5 heteroatoms. The average Bonchev–Trinajstić information content (AvgIpc) is 2.58. The molecule has 114 valence electrons. The molecule has 1 aliphatic rings. The minimum absolute atomic E-state index is 0.00477. The number of aromatic nitrogens is 1. The summed E-state index contributed by atoms with van der Waals surface area (Å²) in [5, 5.41) is 0. The molecule has 1 amide bonds. The Kier molecular flexibility index (Phi) is 4.73. The number of carbonyl (C=O) groups excluding carboxylic acids is 1. The van der Waals surface area contributed by atoms with Crippen LogP contribution >= 0.6 is 15.9 Å². The molecular weight excluding hydrogens is 344 g/mol. The molecule has 4 nitrogen and oxygen atoms in total. The Morgan fingerprint density at radius 2 is 1.86 bits per heavy atom. The number of piperidine rings is 1. The molecule has 0 aliphatic carbocycles. The van der Waals surface area contributed by atoms with Gasteiger partial charge in [-0.3, -0.25) is 4.79 Å². The van der Waals surface area contributed by atoms with Crippen LogP contribution in [0.1, 0.15) is 29.6 Å². The molecule has 0 spiro atoms. The summed E-state index contributed by atoms with van der Waals surface area (Å²) >= 11 is 3.44. The summed E-state index contributed by atoms with van der Waals surface area (Å²) in [5.41, 5.74) is 0.514. The second-order valence-electron chi connectivity index (χ2n) is 5.24. The van der Waals surface area contributed by atoms with Crippen LogP contribution in [0.4, 0.5) is 0 Å². The quantitative estimate of drug-likeness (QED) is 0.820. The molecular formula is C17H17BrN2O2. The van der Waals surface area contributed by atoms with Gasteiger partial charge in [-0.25, -0.2) is 4.98 Å². The number of carbonyl (C=O) groups is 1. The Hall–Kier alpha value is -1.88. The van der Waals surface area contributed by atoms with Crippen LogP contribution < -0.4 is 4.74 Å². The largest absolute Gasteiger partial charge is 0.437 e. The summed E-state index contributed by atoms with van der Waals surface area (Å²) in [4.78, 5) is 18.8. The monoisotopic (exact) mass is 360 g/mol. The fraction of sp³-hybridized carbons (Fsp3) is 0.294. The number of amides is 1. The van der Waals surface area contributed by atoms with Crippen molar-refractivity contribution < 1.29 is 9.53 Å². The van der Waals surface area contributed by atoms with E-state index in [0.29, 0.717) is 17.2 Å². The van der Waals surface area contributed by atoms with Crippen LogP contribution in [0.2, 0.25) is 0 Å². The number of hydrogen-bond donors (Lipinski definition) is 0. The van der Waals surface area contributed by atoms with E-state index in [9.17, 15) is 4.79 Å². The van der Waals surface area contributed by atoms with Gasteiger partial charge in [0.15, 0.2) is 0 Å².